The molecular formula is C11H12N4O. The number of benzene rings is 1. The maximum Gasteiger partial charge on any atom is 0.324 e. The molecule has 0 aliphatic rings. The Labute approximate surface area is 93.8 Å². The van der Waals surface area contributed by atoms with Gasteiger partial charge in [0.05, 0.1) is 0 Å². The van der Waals surface area contributed by atoms with Crippen molar-refractivity contribution in [1.29, 1.82) is 0 Å². The Morgan fingerprint density at radius 2 is 1.88 bits per heavy atom. The van der Waals surface area contributed by atoms with E-state index in [1.54, 1.807) is 0 Å². The summed E-state index contributed by atoms with van der Waals surface area (Å²) in [5, 5.41) is 0. The van der Waals surface area contributed by atoms with Crippen LogP contribution in [0.15, 0.2) is 36.9 Å². The highest BCUT2D eigenvalue weighted by molar-refractivity contribution is 5.49. The molecule has 0 amide bonds. The molecule has 1 aromatic carbocycles. The Bertz CT molecular complexity index is 459. The molecule has 0 fully saturated rings. The maximum atomic E-state index is 5.48. The van der Waals surface area contributed by atoms with Crippen LogP contribution in [0.5, 0.6) is 11.8 Å². The summed E-state index contributed by atoms with van der Waals surface area (Å²) in [6.07, 6.45) is 2.80. The van der Waals surface area contributed by atoms with Crippen LogP contribution >= 0.6 is 0 Å². The molecule has 82 valence electrons. The average molecular weight is 216 g/mol. The Balaban J connectivity index is 2.19. The first-order valence-electron chi connectivity index (χ1n) is 4.83. The molecule has 2 rings (SSSR count). The number of hydrogen-bond donors (Lipinski definition) is 0. The number of rotatable bonds is 3. The molecule has 0 unspecified atom stereocenters. The van der Waals surface area contributed by atoms with Crippen molar-refractivity contribution in [2.45, 2.75) is 0 Å². The van der Waals surface area contributed by atoms with Gasteiger partial charge in [0.1, 0.15) is 18.4 Å². The van der Waals surface area contributed by atoms with Crippen LogP contribution in [-0.4, -0.2) is 29.0 Å². The number of ether oxygens (including phenoxy) is 1. The van der Waals surface area contributed by atoms with Crippen molar-refractivity contribution in [2.75, 3.05) is 19.0 Å². The van der Waals surface area contributed by atoms with Crippen LogP contribution < -0.4 is 9.64 Å². The summed E-state index contributed by atoms with van der Waals surface area (Å²) < 4.78 is 5.48. The summed E-state index contributed by atoms with van der Waals surface area (Å²) in [5.41, 5.74) is 1.06. The standard InChI is InChI=1S/C11H12N4O/c1-15(2)9-4-3-5-10(6-9)16-11-13-7-12-8-14-11/h3-8H,1-2H3. The fraction of sp³-hybridized carbons (Fsp3) is 0.182. The molecule has 0 bridgehead atoms. The third-order valence-corrected chi connectivity index (χ3v) is 2.01. The monoisotopic (exact) mass is 216 g/mol. The normalized spacial score (nSPS) is 9.88. The van der Waals surface area contributed by atoms with Gasteiger partial charge in [-0.15, -0.1) is 0 Å². The van der Waals surface area contributed by atoms with Gasteiger partial charge in [-0.2, -0.15) is 9.97 Å². The molecule has 0 saturated heterocycles. The van der Waals surface area contributed by atoms with E-state index in [2.05, 4.69) is 15.0 Å². The van der Waals surface area contributed by atoms with Gasteiger partial charge in [-0.3, -0.25) is 0 Å². The van der Waals surface area contributed by atoms with E-state index in [1.807, 2.05) is 43.3 Å². The lowest BCUT2D eigenvalue weighted by Crippen LogP contribution is -2.08. The highest BCUT2D eigenvalue weighted by Gasteiger charge is 2.01. The Kier molecular flexibility index (Phi) is 2.95. The minimum atomic E-state index is 0.297. The zero-order chi connectivity index (χ0) is 11.4. The van der Waals surface area contributed by atoms with E-state index < -0.39 is 0 Å². The summed E-state index contributed by atoms with van der Waals surface area (Å²) in [6, 6.07) is 8.00. The molecule has 1 aromatic heterocycles. The van der Waals surface area contributed by atoms with Gasteiger partial charge in [0.15, 0.2) is 0 Å². The molecular weight excluding hydrogens is 204 g/mol. The van der Waals surface area contributed by atoms with Gasteiger partial charge in [-0.05, 0) is 12.1 Å². The van der Waals surface area contributed by atoms with E-state index >= 15 is 0 Å². The summed E-state index contributed by atoms with van der Waals surface area (Å²) in [4.78, 5) is 13.5. The van der Waals surface area contributed by atoms with Crippen LogP contribution in [-0.2, 0) is 0 Å². The van der Waals surface area contributed by atoms with Crippen molar-refractivity contribution in [3.63, 3.8) is 0 Å². The minimum absolute atomic E-state index is 0.297. The second kappa shape index (κ2) is 4.57. The highest BCUT2D eigenvalue weighted by atomic mass is 16.5. The van der Waals surface area contributed by atoms with E-state index in [-0.39, 0.29) is 0 Å². The van der Waals surface area contributed by atoms with Crippen molar-refractivity contribution in [1.82, 2.24) is 15.0 Å². The SMILES string of the molecule is CN(C)c1cccc(Oc2ncncn2)c1. The quantitative estimate of drug-likeness (QED) is 0.782. The van der Waals surface area contributed by atoms with Gasteiger partial charge in [0.25, 0.3) is 0 Å². The molecule has 0 atom stereocenters. The van der Waals surface area contributed by atoms with Crippen molar-refractivity contribution in [3.05, 3.63) is 36.9 Å². The smallest absolute Gasteiger partial charge is 0.324 e. The first-order valence-corrected chi connectivity index (χ1v) is 4.83. The molecule has 0 saturated carbocycles. The van der Waals surface area contributed by atoms with Gasteiger partial charge in [0, 0.05) is 25.8 Å². The highest BCUT2D eigenvalue weighted by Crippen LogP contribution is 2.22. The molecule has 0 spiro atoms. The van der Waals surface area contributed by atoms with Crippen molar-refractivity contribution >= 4 is 5.69 Å². The van der Waals surface area contributed by atoms with Crippen LogP contribution in [0, 0.1) is 0 Å². The predicted molar refractivity (Wildman–Crippen MR) is 60.7 cm³/mol. The molecule has 0 radical (unpaired) electrons. The van der Waals surface area contributed by atoms with E-state index in [0.29, 0.717) is 11.8 Å². The Morgan fingerprint density at radius 3 is 2.56 bits per heavy atom. The summed E-state index contributed by atoms with van der Waals surface area (Å²) in [6.45, 7) is 0. The summed E-state index contributed by atoms with van der Waals surface area (Å²) in [7, 11) is 3.95. The molecule has 0 N–H and O–H groups in total. The maximum absolute atomic E-state index is 5.48. The summed E-state index contributed by atoms with van der Waals surface area (Å²) >= 11 is 0. The van der Waals surface area contributed by atoms with Crippen LogP contribution in [0.25, 0.3) is 0 Å². The van der Waals surface area contributed by atoms with E-state index in [0.717, 1.165) is 5.69 Å². The number of nitrogens with zero attached hydrogens (tertiary/aromatic N) is 4. The number of aromatic nitrogens is 3. The van der Waals surface area contributed by atoms with Crippen LogP contribution in [0.4, 0.5) is 5.69 Å². The molecule has 16 heavy (non-hydrogen) atoms. The lowest BCUT2D eigenvalue weighted by molar-refractivity contribution is 0.439. The third-order valence-electron chi connectivity index (χ3n) is 2.01. The predicted octanol–water partition coefficient (Wildman–Crippen LogP) is 1.73. The number of hydrogen-bond acceptors (Lipinski definition) is 5. The lowest BCUT2D eigenvalue weighted by atomic mass is 10.3. The van der Waals surface area contributed by atoms with Gasteiger partial charge in [-0.25, -0.2) is 4.98 Å². The molecule has 0 aliphatic carbocycles. The van der Waals surface area contributed by atoms with Gasteiger partial charge >= 0.3 is 6.01 Å². The van der Waals surface area contributed by atoms with E-state index in [4.69, 9.17) is 4.74 Å². The van der Waals surface area contributed by atoms with Crippen molar-refractivity contribution in [2.24, 2.45) is 0 Å². The molecule has 2 aromatic rings. The Hall–Kier alpha value is -2.17. The second-order valence-corrected chi connectivity index (χ2v) is 3.41. The molecule has 0 aliphatic heterocycles. The fourth-order valence-electron chi connectivity index (χ4n) is 1.21. The average Bonchev–Trinajstić information content (AvgIpc) is 2.30. The lowest BCUT2D eigenvalue weighted by Gasteiger charge is -2.13. The zero-order valence-corrected chi connectivity index (χ0v) is 9.16. The van der Waals surface area contributed by atoms with Crippen LogP contribution in [0.2, 0.25) is 0 Å². The van der Waals surface area contributed by atoms with E-state index in [1.165, 1.54) is 12.7 Å². The summed E-state index contributed by atoms with van der Waals surface area (Å²) in [5.74, 6) is 0.706. The van der Waals surface area contributed by atoms with Crippen LogP contribution in [0.3, 0.4) is 0 Å². The van der Waals surface area contributed by atoms with E-state index in [9.17, 15) is 0 Å². The van der Waals surface area contributed by atoms with Crippen molar-refractivity contribution in [3.8, 4) is 11.8 Å². The first-order chi connectivity index (χ1) is 7.75. The zero-order valence-electron chi connectivity index (χ0n) is 9.16. The van der Waals surface area contributed by atoms with Gasteiger partial charge in [-0.1, -0.05) is 6.07 Å². The molecule has 1 heterocycles. The fourth-order valence-corrected chi connectivity index (χ4v) is 1.21. The third kappa shape index (κ3) is 2.44. The first kappa shape index (κ1) is 10.4. The topological polar surface area (TPSA) is 51.1 Å². The van der Waals surface area contributed by atoms with Gasteiger partial charge in [0.2, 0.25) is 0 Å². The van der Waals surface area contributed by atoms with Gasteiger partial charge < -0.3 is 9.64 Å². The minimum Gasteiger partial charge on any atom is -0.424 e. The number of anilines is 1. The van der Waals surface area contributed by atoms with Crippen LogP contribution in [0.1, 0.15) is 0 Å². The second-order valence-electron chi connectivity index (χ2n) is 3.41. The van der Waals surface area contributed by atoms with Crippen molar-refractivity contribution < 1.29 is 4.74 Å². The molecule has 5 nitrogen and oxygen atoms in total. The molecule has 5 heteroatoms. The largest absolute Gasteiger partial charge is 0.424 e. The Morgan fingerprint density at radius 1 is 1.12 bits per heavy atom.